The van der Waals surface area contributed by atoms with E-state index in [9.17, 15) is 4.79 Å². The van der Waals surface area contributed by atoms with Crippen LogP contribution < -0.4 is 16.0 Å². The molecule has 1 aromatic carbocycles. The Kier molecular flexibility index (Phi) is 8.76. The molecule has 6 heteroatoms. The van der Waals surface area contributed by atoms with Gasteiger partial charge in [-0.15, -0.1) is 0 Å². The molecule has 0 fully saturated rings. The van der Waals surface area contributed by atoms with Crippen LogP contribution in [0.1, 0.15) is 36.9 Å². The number of nitrogens with one attached hydrogen (secondary N) is 3. The zero-order chi connectivity index (χ0) is 18.6. The maximum atomic E-state index is 11.7. The minimum Gasteiger partial charge on any atom is -0.384 e. The fourth-order valence-electron chi connectivity index (χ4n) is 2.46. The number of urea groups is 1. The highest BCUT2D eigenvalue weighted by atomic mass is 35.5. The molecule has 1 aromatic heterocycles. The maximum Gasteiger partial charge on any atom is 0.315 e. The molecule has 0 saturated heterocycles. The van der Waals surface area contributed by atoms with E-state index in [2.05, 4.69) is 27.0 Å². The third-order valence-corrected chi connectivity index (χ3v) is 4.25. The summed E-state index contributed by atoms with van der Waals surface area (Å²) in [4.78, 5) is 16.0. The average molecular weight is 375 g/mol. The predicted octanol–water partition coefficient (Wildman–Crippen LogP) is 4.52. The van der Waals surface area contributed by atoms with Gasteiger partial charge in [-0.05, 0) is 49.6 Å². The van der Waals surface area contributed by atoms with Crippen molar-refractivity contribution in [3.8, 4) is 0 Å². The van der Waals surface area contributed by atoms with Crippen LogP contribution in [0.3, 0.4) is 0 Å². The Morgan fingerprint density at radius 1 is 0.962 bits per heavy atom. The molecule has 0 aliphatic rings. The van der Waals surface area contributed by atoms with Gasteiger partial charge < -0.3 is 16.0 Å². The molecule has 2 aromatic rings. The highest BCUT2D eigenvalue weighted by Gasteiger charge is 2.00. The summed E-state index contributed by atoms with van der Waals surface area (Å²) in [5.74, 6) is 0. The van der Waals surface area contributed by atoms with Gasteiger partial charge in [-0.2, -0.15) is 0 Å². The maximum absolute atomic E-state index is 11.7. The molecule has 0 aliphatic heterocycles. The Balaban J connectivity index is 1.44. The van der Waals surface area contributed by atoms with Crippen molar-refractivity contribution in [3.05, 3.63) is 58.9 Å². The van der Waals surface area contributed by atoms with E-state index in [1.54, 1.807) is 0 Å². The number of carbonyl (C=O) groups is 1. The third-order valence-electron chi connectivity index (χ3n) is 4.00. The number of halogens is 1. The molecule has 140 valence electrons. The molecule has 26 heavy (non-hydrogen) atoms. The fourth-order valence-corrected chi connectivity index (χ4v) is 2.58. The molecule has 2 rings (SSSR count). The van der Waals surface area contributed by atoms with Gasteiger partial charge in [0.15, 0.2) is 0 Å². The number of hydrogen-bond acceptors (Lipinski definition) is 3. The fraction of sp³-hybridized carbons (Fsp3) is 0.400. The zero-order valence-electron chi connectivity index (χ0n) is 15.2. The van der Waals surface area contributed by atoms with Crippen molar-refractivity contribution in [1.82, 2.24) is 15.6 Å². The van der Waals surface area contributed by atoms with Crippen molar-refractivity contribution >= 4 is 23.3 Å². The standard InChI is InChI=1S/C20H27ClN4O/c1-16-6-11-19(15-24-16)22-12-4-2-3-5-13-23-20(26)25-14-17-7-9-18(21)10-8-17/h6-11,15,22H,2-5,12-14H2,1H3,(H2,23,25,26). The molecular formula is C20H27ClN4O. The normalized spacial score (nSPS) is 10.4. The van der Waals surface area contributed by atoms with Crippen molar-refractivity contribution in [2.45, 2.75) is 39.2 Å². The number of amides is 2. The Morgan fingerprint density at radius 2 is 1.69 bits per heavy atom. The van der Waals surface area contributed by atoms with Gasteiger partial charge in [-0.3, -0.25) is 4.98 Å². The van der Waals surface area contributed by atoms with Crippen LogP contribution in [0.4, 0.5) is 10.5 Å². The number of aryl methyl sites for hydroxylation is 1. The lowest BCUT2D eigenvalue weighted by Gasteiger charge is -2.08. The van der Waals surface area contributed by atoms with E-state index in [4.69, 9.17) is 11.6 Å². The van der Waals surface area contributed by atoms with Gasteiger partial charge in [0.25, 0.3) is 0 Å². The molecule has 0 atom stereocenters. The number of aromatic nitrogens is 1. The van der Waals surface area contributed by atoms with Crippen molar-refractivity contribution in [3.63, 3.8) is 0 Å². The van der Waals surface area contributed by atoms with E-state index in [-0.39, 0.29) is 6.03 Å². The third kappa shape index (κ3) is 8.21. The van der Waals surface area contributed by atoms with Crippen molar-refractivity contribution in [2.75, 3.05) is 18.4 Å². The van der Waals surface area contributed by atoms with Gasteiger partial charge in [0.2, 0.25) is 0 Å². The van der Waals surface area contributed by atoms with Gasteiger partial charge in [0.1, 0.15) is 0 Å². The summed E-state index contributed by atoms with van der Waals surface area (Å²) in [6, 6.07) is 11.4. The quantitative estimate of drug-likeness (QED) is 0.536. The van der Waals surface area contributed by atoms with E-state index in [0.29, 0.717) is 18.1 Å². The van der Waals surface area contributed by atoms with Crippen molar-refractivity contribution < 1.29 is 4.79 Å². The lowest BCUT2D eigenvalue weighted by Crippen LogP contribution is -2.35. The molecule has 1 heterocycles. The summed E-state index contributed by atoms with van der Waals surface area (Å²) in [7, 11) is 0. The predicted molar refractivity (Wildman–Crippen MR) is 108 cm³/mol. The highest BCUT2D eigenvalue weighted by molar-refractivity contribution is 6.30. The summed E-state index contributed by atoms with van der Waals surface area (Å²) in [5.41, 5.74) is 3.12. The summed E-state index contributed by atoms with van der Waals surface area (Å²) in [6.07, 6.45) is 6.20. The number of benzene rings is 1. The molecule has 0 spiro atoms. The van der Waals surface area contributed by atoms with E-state index < -0.39 is 0 Å². The molecule has 3 N–H and O–H groups in total. The number of pyridine rings is 1. The van der Waals surface area contributed by atoms with Gasteiger partial charge in [0.05, 0.1) is 11.9 Å². The molecule has 0 unspecified atom stereocenters. The van der Waals surface area contributed by atoms with Crippen LogP contribution in [0.15, 0.2) is 42.6 Å². The smallest absolute Gasteiger partial charge is 0.315 e. The Hall–Kier alpha value is -2.27. The van der Waals surface area contributed by atoms with Gasteiger partial charge in [-0.1, -0.05) is 36.6 Å². The van der Waals surface area contributed by atoms with Gasteiger partial charge in [-0.25, -0.2) is 4.79 Å². The Labute approximate surface area is 160 Å². The number of hydrogen-bond donors (Lipinski definition) is 3. The second-order valence-electron chi connectivity index (χ2n) is 6.27. The van der Waals surface area contributed by atoms with Crippen LogP contribution in [0, 0.1) is 6.92 Å². The monoisotopic (exact) mass is 374 g/mol. The summed E-state index contributed by atoms with van der Waals surface area (Å²) in [5, 5.41) is 9.79. The molecule has 5 nitrogen and oxygen atoms in total. The molecule has 0 radical (unpaired) electrons. The van der Waals surface area contributed by atoms with Crippen LogP contribution >= 0.6 is 11.6 Å². The Bertz CT molecular complexity index is 659. The largest absolute Gasteiger partial charge is 0.384 e. The molecule has 0 saturated carbocycles. The molecular weight excluding hydrogens is 348 g/mol. The minimum atomic E-state index is -0.131. The lowest BCUT2D eigenvalue weighted by atomic mass is 10.2. The van der Waals surface area contributed by atoms with Gasteiger partial charge >= 0.3 is 6.03 Å². The van der Waals surface area contributed by atoms with E-state index in [1.165, 1.54) is 0 Å². The second kappa shape index (κ2) is 11.4. The lowest BCUT2D eigenvalue weighted by molar-refractivity contribution is 0.240. The Morgan fingerprint density at radius 3 is 2.38 bits per heavy atom. The summed E-state index contributed by atoms with van der Waals surface area (Å²) in [6.45, 7) is 4.12. The number of rotatable bonds is 10. The first-order valence-electron chi connectivity index (χ1n) is 9.06. The molecule has 0 bridgehead atoms. The number of nitrogens with zero attached hydrogens (tertiary/aromatic N) is 1. The first-order chi connectivity index (χ1) is 12.6. The minimum absolute atomic E-state index is 0.131. The first-order valence-corrected chi connectivity index (χ1v) is 9.44. The van der Waals surface area contributed by atoms with Crippen LogP contribution in [0.25, 0.3) is 0 Å². The molecule has 0 aliphatic carbocycles. The number of anilines is 1. The average Bonchev–Trinajstić information content (AvgIpc) is 2.65. The van der Waals surface area contributed by atoms with Crippen molar-refractivity contribution in [1.29, 1.82) is 0 Å². The van der Waals surface area contributed by atoms with Gasteiger partial charge in [0, 0.05) is 30.4 Å². The highest BCUT2D eigenvalue weighted by Crippen LogP contribution is 2.09. The van der Waals surface area contributed by atoms with Crippen LogP contribution in [-0.2, 0) is 6.54 Å². The summed E-state index contributed by atoms with van der Waals surface area (Å²) >= 11 is 5.83. The SMILES string of the molecule is Cc1ccc(NCCCCCCNC(=O)NCc2ccc(Cl)cc2)cn1. The summed E-state index contributed by atoms with van der Waals surface area (Å²) < 4.78 is 0. The van der Waals surface area contributed by atoms with Crippen LogP contribution in [0.5, 0.6) is 0 Å². The van der Waals surface area contributed by atoms with Crippen LogP contribution in [-0.4, -0.2) is 24.1 Å². The van der Waals surface area contributed by atoms with Crippen molar-refractivity contribution in [2.24, 2.45) is 0 Å². The number of carbonyl (C=O) groups excluding carboxylic acids is 1. The topological polar surface area (TPSA) is 66.0 Å². The van der Waals surface area contributed by atoms with E-state index >= 15 is 0 Å². The van der Waals surface area contributed by atoms with E-state index in [0.717, 1.165) is 49.2 Å². The van der Waals surface area contributed by atoms with Crippen LogP contribution in [0.2, 0.25) is 5.02 Å². The molecule has 2 amide bonds. The number of unbranched alkanes of at least 4 members (excludes halogenated alkanes) is 3. The second-order valence-corrected chi connectivity index (χ2v) is 6.70. The zero-order valence-corrected chi connectivity index (χ0v) is 16.0. The first kappa shape index (κ1) is 20.0. The van der Waals surface area contributed by atoms with E-state index in [1.807, 2.05) is 43.5 Å².